The first kappa shape index (κ1) is 13.3. The van der Waals surface area contributed by atoms with Crippen LogP contribution in [0.4, 0.5) is 0 Å². The minimum Gasteiger partial charge on any atom is -0.380 e. The van der Waals surface area contributed by atoms with Gasteiger partial charge in [-0.1, -0.05) is 30.3 Å². The van der Waals surface area contributed by atoms with Gasteiger partial charge in [0.15, 0.2) is 0 Å². The molecule has 3 rings (SSSR count). The van der Waals surface area contributed by atoms with Gasteiger partial charge in [0.2, 0.25) is 0 Å². The van der Waals surface area contributed by atoms with E-state index in [1.807, 2.05) is 12.4 Å². The highest BCUT2D eigenvalue weighted by atomic mass is 16.5. The summed E-state index contributed by atoms with van der Waals surface area (Å²) in [6.45, 7) is 2.02. The van der Waals surface area contributed by atoms with Crippen molar-refractivity contribution in [3.8, 4) is 0 Å². The van der Waals surface area contributed by atoms with Gasteiger partial charge in [0.1, 0.15) is 5.82 Å². The third kappa shape index (κ3) is 2.92. The molecule has 1 fully saturated rings. The fourth-order valence-electron chi connectivity index (χ4n) is 2.94. The Bertz CT molecular complexity index is 512. The van der Waals surface area contributed by atoms with E-state index >= 15 is 0 Å². The Morgan fingerprint density at radius 2 is 2.20 bits per heavy atom. The topological polar surface area (TPSA) is 41.1 Å². The molecule has 2 heterocycles. The van der Waals surface area contributed by atoms with Crippen LogP contribution in [-0.4, -0.2) is 41.2 Å². The second kappa shape index (κ2) is 6.20. The Hall–Kier alpha value is -1.65. The zero-order valence-electron chi connectivity index (χ0n) is 11.8. The monoisotopic (exact) mass is 271 g/mol. The van der Waals surface area contributed by atoms with Crippen molar-refractivity contribution in [2.75, 3.05) is 20.2 Å². The summed E-state index contributed by atoms with van der Waals surface area (Å²) >= 11 is 0. The van der Waals surface area contributed by atoms with E-state index in [4.69, 9.17) is 4.74 Å². The number of likely N-dealkylation sites (tertiary alicyclic amines) is 1. The fraction of sp³-hybridized carbons (Fsp3) is 0.438. The maximum atomic E-state index is 5.54. The molecule has 1 aliphatic rings. The number of benzene rings is 1. The van der Waals surface area contributed by atoms with Crippen molar-refractivity contribution in [1.29, 1.82) is 0 Å². The van der Waals surface area contributed by atoms with Crippen molar-refractivity contribution in [2.24, 2.45) is 0 Å². The molecule has 0 spiro atoms. The third-order valence-electron chi connectivity index (χ3n) is 4.06. The Balaban J connectivity index is 1.66. The van der Waals surface area contributed by atoms with Crippen LogP contribution in [0.1, 0.15) is 23.9 Å². The number of rotatable bonds is 5. The molecule has 2 aromatic rings. The molecule has 0 saturated carbocycles. The quantitative estimate of drug-likeness (QED) is 0.908. The number of hydrogen-bond donors (Lipinski definition) is 1. The van der Waals surface area contributed by atoms with E-state index in [9.17, 15) is 0 Å². The highest BCUT2D eigenvalue weighted by Crippen LogP contribution is 2.31. The molecule has 2 atom stereocenters. The molecule has 1 unspecified atom stereocenters. The van der Waals surface area contributed by atoms with Gasteiger partial charge in [-0.05, 0) is 18.4 Å². The van der Waals surface area contributed by atoms with Crippen LogP contribution in [0.25, 0.3) is 0 Å². The molecule has 0 bridgehead atoms. The van der Waals surface area contributed by atoms with Gasteiger partial charge in [0.25, 0.3) is 0 Å². The molecule has 4 heteroatoms. The molecule has 4 nitrogen and oxygen atoms in total. The summed E-state index contributed by atoms with van der Waals surface area (Å²) < 4.78 is 5.54. The Morgan fingerprint density at radius 3 is 2.90 bits per heavy atom. The molecule has 0 radical (unpaired) electrons. The van der Waals surface area contributed by atoms with Gasteiger partial charge in [0, 0.05) is 32.6 Å². The summed E-state index contributed by atoms with van der Waals surface area (Å²) in [5.41, 5.74) is 1.38. The summed E-state index contributed by atoms with van der Waals surface area (Å²) in [5.74, 6) is 1.05. The minimum absolute atomic E-state index is 0.306. The number of aromatic nitrogens is 2. The van der Waals surface area contributed by atoms with Gasteiger partial charge in [0.05, 0.1) is 12.1 Å². The predicted octanol–water partition coefficient (Wildman–Crippen LogP) is 2.41. The van der Waals surface area contributed by atoms with Crippen LogP contribution in [0, 0.1) is 0 Å². The number of ether oxygens (including phenoxy) is 1. The van der Waals surface area contributed by atoms with Crippen molar-refractivity contribution >= 4 is 0 Å². The van der Waals surface area contributed by atoms with Gasteiger partial charge >= 0.3 is 0 Å². The molecule has 106 valence electrons. The molecule has 1 saturated heterocycles. The van der Waals surface area contributed by atoms with Gasteiger partial charge in [-0.2, -0.15) is 0 Å². The van der Waals surface area contributed by atoms with Gasteiger partial charge in [-0.25, -0.2) is 4.98 Å². The van der Waals surface area contributed by atoms with Crippen LogP contribution in [0.2, 0.25) is 0 Å². The second-order valence-electron chi connectivity index (χ2n) is 5.31. The number of nitrogens with zero attached hydrogens (tertiary/aromatic N) is 2. The lowest BCUT2D eigenvalue weighted by Crippen LogP contribution is -2.28. The average Bonchev–Trinajstić information content (AvgIpc) is 3.15. The zero-order valence-corrected chi connectivity index (χ0v) is 11.8. The van der Waals surface area contributed by atoms with Crippen LogP contribution < -0.4 is 0 Å². The molecular formula is C16H21N3O. The van der Waals surface area contributed by atoms with Crippen LogP contribution >= 0.6 is 0 Å². The third-order valence-corrected chi connectivity index (χ3v) is 4.06. The number of hydrogen-bond acceptors (Lipinski definition) is 3. The number of H-pyrrole nitrogens is 1. The van der Waals surface area contributed by atoms with Crippen LogP contribution in [0.3, 0.4) is 0 Å². The Labute approximate surface area is 119 Å². The Morgan fingerprint density at radius 1 is 1.35 bits per heavy atom. The zero-order chi connectivity index (χ0) is 13.8. The average molecular weight is 271 g/mol. The van der Waals surface area contributed by atoms with Gasteiger partial charge < -0.3 is 9.72 Å². The van der Waals surface area contributed by atoms with Crippen LogP contribution in [0.5, 0.6) is 0 Å². The largest absolute Gasteiger partial charge is 0.380 e. The summed E-state index contributed by atoms with van der Waals surface area (Å²) in [7, 11) is 1.80. The summed E-state index contributed by atoms with van der Waals surface area (Å²) in [6, 6.07) is 11.0. The number of methoxy groups -OCH3 is 1. The van der Waals surface area contributed by atoms with Crippen molar-refractivity contribution < 1.29 is 4.74 Å². The lowest BCUT2D eigenvalue weighted by Gasteiger charge is -2.22. The van der Waals surface area contributed by atoms with Gasteiger partial charge in [-0.3, -0.25) is 4.90 Å². The minimum atomic E-state index is 0.306. The molecule has 1 aliphatic heterocycles. The van der Waals surface area contributed by atoms with E-state index in [2.05, 4.69) is 45.2 Å². The number of imidazole rings is 1. The first-order valence-electron chi connectivity index (χ1n) is 7.17. The lowest BCUT2D eigenvalue weighted by molar-refractivity contribution is 0.108. The number of nitrogens with one attached hydrogen (secondary N) is 1. The summed E-state index contributed by atoms with van der Waals surface area (Å²) in [5, 5.41) is 0. The molecule has 0 aliphatic carbocycles. The molecule has 20 heavy (non-hydrogen) atoms. The predicted molar refractivity (Wildman–Crippen MR) is 78.5 cm³/mol. The van der Waals surface area contributed by atoms with E-state index in [-0.39, 0.29) is 0 Å². The van der Waals surface area contributed by atoms with Crippen LogP contribution in [-0.2, 0) is 11.2 Å². The maximum Gasteiger partial charge on any atom is 0.123 e. The highest BCUT2D eigenvalue weighted by Gasteiger charge is 2.34. The summed E-state index contributed by atoms with van der Waals surface area (Å²) in [6.07, 6.45) is 6.10. The molecule has 1 N–H and O–H groups in total. The van der Waals surface area contributed by atoms with E-state index < -0.39 is 0 Å². The van der Waals surface area contributed by atoms with E-state index in [1.165, 1.54) is 5.56 Å². The Kier molecular flexibility index (Phi) is 4.14. The number of aromatic amines is 1. The molecule has 1 aromatic heterocycles. The van der Waals surface area contributed by atoms with Crippen molar-refractivity contribution in [3.63, 3.8) is 0 Å². The normalized spacial score (nSPS) is 23.2. The first-order valence-corrected chi connectivity index (χ1v) is 7.17. The van der Waals surface area contributed by atoms with Gasteiger partial charge in [-0.15, -0.1) is 0 Å². The maximum absolute atomic E-state index is 5.54. The van der Waals surface area contributed by atoms with Crippen molar-refractivity contribution in [1.82, 2.24) is 14.9 Å². The van der Waals surface area contributed by atoms with Crippen molar-refractivity contribution in [3.05, 3.63) is 54.1 Å². The lowest BCUT2D eigenvalue weighted by atomic mass is 10.1. The first-order chi connectivity index (χ1) is 9.86. The molecule has 0 amide bonds. The van der Waals surface area contributed by atoms with E-state index in [0.29, 0.717) is 12.1 Å². The van der Waals surface area contributed by atoms with E-state index in [0.717, 1.165) is 31.8 Å². The van der Waals surface area contributed by atoms with E-state index in [1.54, 1.807) is 7.11 Å². The van der Waals surface area contributed by atoms with Crippen LogP contribution in [0.15, 0.2) is 42.7 Å². The van der Waals surface area contributed by atoms with Crippen molar-refractivity contribution in [2.45, 2.75) is 25.0 Å². The smallest absolute Gasteiger partial charge is 0.123 e. The SMILES string of the molecule is CO[C@@H]1CC(c2ncc[nH]2)N(CCc2ccccc2)C1. The second-order valence-corrected chi connectivity index (χ2v) is 5.31. The molecular weight excluding hydrogens is 250 g/mol. The standard InChI is InChI=1S/C16H21N3O/c1-20-14-11-15(16-17-8-9-18-16)19(12-14)10-7-13-5-3-2-4-6-13/h2-6,8-9,14-15H,7,10-12H2,1H3,(H,17,18)/t14-,15?/m1/s1. The summed E-state index contributed by atoms with van der Waals surface area (Å²) in [4.78, 5) is 10.1. The highest BCUT2D eigenvalue weighted by molar-refractivity contribution is 5.15. The molecule has 1 aromatic carbocycles. The fourth-order valence-corrected chi connectivity index (χ4v) is 2.94.